The van der Waals surface area contributed by atoms with Gasteiger partial charge in [-0.05, 0) is 0 Å². The predicted molar refractivity (Wildman–Crippen MR) is 61.1 cm³/mol. The molecule has 0 saturated heterocycles. The number of nitrogens with zero attached hydrogens (tertiary/aromatic N) is 1. The number of amides is 2. The molecule has 0 aliphatic carbocycles. The molecule has 0 aliphatic heterocycles. The van der Waals surface area contributed by atoms with Gasteiger partial charge in [-0.2, -0.15) is 13.2 Å². The van der Waals surface area contributed by atoms with Gasteiger partial charge in [0.1, 0.15) is 6.54 Å². The standard InChI is InChI=1S/C10H16F3N3O4/c1-20-8(18)2-3-16(5-10(11,12)13)9(19)6(14)4-7(15)17/h6H,2-5,14H2,1H3,(H2,15,17). The number of esters is 1. The summed E-state index contributed by atoms with van der Waals surface area (Å²) in [5, 5.41) is 0. The Hall–Kier alpha value is -1.84. The summed E-state index contributed by atoms with van der Waals surface area (Å²) < 4.78 is 41.3. The van der Waals surface area contributed by atoms with Crippen molar-refractivity contribution < 1.29 is 32.3 Å². The van der Waals surface area contributed by atoms with Crippen molar-refractivity contribution in [3.63, 3.8) is 0 Å². The summed E-state index contributed by atoms with van der Waals surface area (Å²) in [6.45, 7) is -2.09. The van der Waals surface area contributed by atoms with E-state index in [1.54, 1.807) is 0 Å². The summed E-state index contributed by atoms with van der Waals surface area (Å²) in [5.41, 5.74) is 10.1. The second-order valence-corrected chi connectivity index (χ2v) is 3.98. The fourth-order valence-electron chi connectivity index (χ4n) is 1.35. The van der Waals surface area contributed by atoms with Gasteiger partial charge in [-0.3, -0.25) is 14.4 Å². The molecular weight excluding hydrogens is 283 g/mol. The van der Waals surface area contributed by atoms with Gasteiger partial charge in [0.05, 0.1) is 26.0 Å². The van der Waals surface area contributed by atoms with E-state index >= 15 is 0 Å². The van der Waals surface area contributed by atoms with Crippen molar-refractivity contribution in [2.75, 3.05) is 20.2 Å². The quantitative estimate of drug-likeness (QED) is 0.594. The van der Waals surface area contributed by atoms with Crippen LogP contribution in [0.5, 0.6) is 0 Å². The monoisotopic (exact) mass is 299 g/mol. The van der Waals surface area contributed by atoms with Crippen molar-refractivity contribution in [1.29, 1.82) is 0 Å². The molecule has 116 valence electrons. The number of ether oxygens (including phenoxy) is 1. The lowest BCUT2D eigenvalue weighted by molar-refractivity contribution is -0.163. The van der Waals surface area contributed by atoms with E-state index in [-0.39, 0.29) is 0 Å². The zero-order chi connectivity index (χ0) is 15.9. The van der Waals surface area contributed by atoms with Gasteiger partial charge in [0, 0.05) is 6.54 Å². The fraction of sp³-hybridized carbons (Fsp3) is 0.700. The Bertz CT molecular complexity index is 373. The predicted octanol–water partition coefficient (Wildman–Crippen LogP) is -0.857. The van der Waals surface area contributed by atoms with Gasteiger partial charge in [0.15, 0.2) is 0 Å². The Morgan fingerprint density at radius 2 is 1.85 bits per heavy atom. The minimum Gasteiger partial charge on any atom is -0.469 e. The van der Waals surface area contributed by atoms with Crippen LogP contribution in [0.1, 0.15) is 12.8 Å². The van der Waals surface area contributed by atoms with Crippen molar-refractivity contribution in [2.45, 2.75) is 25.1 Å². The third kappa shape index (κ3) is 7.56. The minimum atomic E-state index is -4.65. The fourth-order valence-corrected chi connectivity index (χ4v) is 1.35. The number of primary amides is 1. The highest BCUT2D eigenvalue weighted by molar-refractivity contribution is 5.87. The van der Waals surface area contributed by atoms with Crippen molar-refractivity contribution in [3.8, 4) is 0 Å². The number of carbonyl (C=O) groups excluding carboxylic acids is 3. The van der Waals surface area contributed by atoms with Gasteiger partial charge in [-0.25, -0.2) is 0 Å². The number of hydrogen-bond donors (Lipinski definition) is 2. The Morgan fingerprint density at radius 3 is 2.25 bits per heavy atom. The molecule has 7 nitrogen and oxygen atoms in total. The number of halogens is 3. The first-order valence-corrected chi connectivity index (χ1v) is 5.53. The second kappa shape index (κ2) is 7.68. The molecule has 0 aliphatic rings. The normalized spacial score (nSPS) is 12.7. The number of hydrogen-bond acceptors (Lipinski definition) is 5. The number of nitrogens with two attached hydrogens (primary N) is 2. The van der Waals surface area contributed by atoms with E-state index in [1.807, 2.05) is 0 Å². The SMILES string of the molecule is COC(=O)CCN(CC(F)(F)F)C(=O)C(N)CC(N)=O. The first kappa shape index (κ1) is 18.2. The number of carbonyl (C=O) groups is 3. The molecule has 10 heteroatoms. The third-order valence-electron chi connectivity index (χ3n) is 2.23. The van der Waals surface area contributed by atoms with Crippen LogP contribution in [0.15, 0.2) is 0 Å². The summed E-state index contributed by atoms with van der Waals surface area (Å²) in [5.74, 6) is -2.79. The van der Waals surface area contributed by atoms with E-state index in [0.717, 1.165) is 7.11 Å². The molecule has 20 heavy (non-hydrogen) atoms. The van der Waals surface area contributed by atoms with Crippen LogP contribution in [0.25, 0.3) is 0 Å². The van der Waals surface area contributed by atoms with E-state index in [0.29, 0.717) is 4.90 Å². The molecule has 2 amide bonds. The van der Waals surface area contributed by atoms with Gasteiger partial charge < -0.3 is 21.1 Å². The highest BCUT2D eigenvalue weighted by atomic mass is 19.4. The lowest BCUT2D eigenvalue weighted by Crippen LogP contribution is -2.49. The molecule has 0 saturated carbocycles. The molecule has 0 rings (SSSR count). The zero-order valence-corrected chi connectivity index (χ0v) is 10.8. The average Bonchev–Trinajstić information content (AvgIpc) is 2.30. The lowest BCUT2D eigenvalue weighted by atomic mass is 10.1. The van der Waals surface area contributed by atoms with Crippen LogP contribution in [0.3, 0.4) is 0 Å². The van der Waals surface area contributed by atoms with E-state index < -0.39 is 55.9 Å². The molecule has 0 heterocycles. The molecule has 1 atom stereocenters. The number of alkyl halides is 3. The molecule has 0 aromatic heterocycles. The summed E-state index contributed by atoms with van der Waals surface area (Å²) in [4.78, 5) is 33.6. The smallest absolute Gasteiger partial charge is 0.406 e. The molecular formula is C10H16F3N3O4. The van der Waals surface area contributed by atoms with Crippen molar-refractivity contribution in [2.24, 2.45) is 11.5 Å². The van der Waals surface area contributed by atoms with Crippen molar-refractivity contribution in [3.05, 3.63) is 0 Å². The largest absolute Gasteiger partial charge is 0.469 e. The average molecular weight is 299 g/mol. The van der Waals surface area contributed by atoms with Crippen LogP contribution in [-0.4, -0.2) is 55.1 Å². The van der Waals surface area contributed by atoms with Crippen LogP contribution >= 0.6 is 0 Å². The van der Waals surface area contributed by atoms with E-state index in [1.165, 1.54) is 0 Å². The van der Waals surface area contributed by atoms with Gasteiger partial charge in [-0.1, -0.05) is 0 Å². The van der Waals surface area contributed by atoms with Gasteiger partial charge in [0.2, 0.25) is 11.8 Å². The Morgan fingerprint density at radius 1 is 1.30 bits per heavy atom. The Balaban J connectivity index is 4.77. The van der Waals surface area contributed by atoms with E-state index in [4.69, 9.17) is 11.5 Å². The lowest BCUT2D eigenvalue weighted by Gasteiger charge is -2.26. The van der Waals surface area contributed by atoms with Crippen LogP contribution in [-0.2, 0) is 19.1 Å². The summed E-state index contributed by atoms with van der Waals surface area (Å²) in [6.07, 6.45) is -5.65. The van der Waals surface area contributed by atoms with Crippen LogP contribution in [0, 0.1) is 0 Å². The molecule has 0 aromatic carbocycles. The molecule has 0 spiro atoms. The molecule has 0 fully saturated rings. The number of methoxy groups -OCH3 is 1. The maximum Gasteiger partial charge on any atom is 0.406 e. The maximum atomic E-state index is 12.4. The van der Waals surface area contributed by atoms with Crippen LogP contribution < -0.4 is 11.5 Å². The molecule has 0 aromatic rings. The molecule has 0 radical (unpaired) electrons. The van der Waals surface area contributed by atoms with E-state index in [9.17, 15) is 27.6 Å². The first-order valence-electron chi connectivity index (χ1n) is 5.53. The first-order chi connectivity index (χ1) is 9.06. The van der Waals surface area contributed by atoms with Crippen LogP contribution in [0.4, 0.5) is 13.2 Å². The zero-order valence-electron chi connectivity index (χ0n) is 10.8. The van der Waals surface area contributed by atoms with E-state index in [2.05, 4.69) is 4.74 Å². The summed E-state index contributed by atoms with van der Waals surface area (Å²) in [7, 11) is 1.07. The topological polar surface area (TPSA) is 116 Å². The van der Waals surface area contributed by atoms with Crippen molar-refractivity contribution >= 4 is 17.8 Å². The van der Waals surface area contributed by atoms with Crippen LogP contribution in [0.2, 0.25) is 0 Å². The molecule has 4 N–H and O–H groups in total. The van der Waals surface area contributed by atoms with Crippen molar-refractivity contribution in [1.82, 2.24) is 4.90 Å². The van der Waals surface area contributed by atoms with Gasteiger partial charge >= 0.3 is 12.1 Å². The molecule has 0 bridgehead atoms. The second-order valence-electron chi connectivity index (χ2n) is 3.98. The van der Waals surface area contributed by atoms with Gasteiger partial charge in [-0.15, -0.1) is 0 Å². The number of rotatable bonds is 7. The Kier molecular flexibility index (Phi) is 6.97. The van der Waals surface area contributed by atoms with Gasteiger partial charge in [0.25, 0.3) is 0 Å². The summed E-state index contributed by atoms with van der Waals surface area (Å²) in [6, 6.07) is -1.48. The highest BCUT2D eigenvalue weighted by Gasteiger charge is 2.35. The highest BCUT2D eigenvalue weighted by Crippen LogP contribution is 2.17. The Labute approximate surface area is 113 Å². The summed E-state index contributed by atoms with van der Waals surface area (Å²) >= 11 is 0. The minimum absolute atomic E-state index is 0.352. The molecule has 1 unspecified atom stereocenters. The third-order valence-corrected chi connectivity index (χ3v) is 2.23. The maximum absolute atomic E-state index is 12.4.